The average Bonchev–Trinajstić information content (AvgIpc) is 2.73. The molecule has 0 aliphatic rings. The number of rotatable bonds is 4. The van der Waals surface area contributed by atoms with Crippen molar-refractivity contribution >= 4 is 11.6 Å². The van der Waals surface area contributed by atoms with Gasteiger partial charge in [-0.15, -0.1) is 0 Å². The fourth-order valence-corrected chi connectivity index (χ4v) is 2.33. The first-order valence-corrected chi connectivity index (χ1v) is 6.95. The molecular formula is C16H20FN3O. The van der Waals surface area contributed by atoms with Gasteiger partial charge in [0.1, 0.15) is 5.82 Å². The van der Waals surface area contributed by atoms with Crippen molar-refractivity contribution in [1.82, 2.24) is 9.78 Å². The van der Waals surface area contributed by atoms with E-state index in [-0.39, 0.29) is 24.2 Å². The van der Waals surface area contributed by atoms with Crippen molar-refractivity contribution < 1.29 is 9.18 Å². The van der Waals surface area contributed by atoms with Crippen LogP contribution in [0.3, 0.4) is 0 Å². The van der Waals surface area contributed by atoms with Gasteiger partial charge >= 0.3 is 0 Å². The standard InChI is InChI=1S/C16H20FN3O/c1-10-5-6-14(9-15(10)17)18-16(21)8-13(4)20-12(3)7-11(2)19-20/h5-7,9,13H,8H2,1-4H3,(H,18,21)/t13-/m1/s1. The van der Waals surface area contributed by atoms with Crippen molar-refractivity contribution in [2.45, 2.75) is 40.2 Å². The molecule has 1 N–H and O–H groups in total. The minimum absolute atomic E-state index is 0.0472. The highest BCUT2D eigenvalue weighted by atomic mass is 19.1. The van der Waals surface area contributed by atoms with E-state index in [0.717, 1.165) is 11.4 Å². The number of nitrogens with one attached hydrogen (secondary N) is 1. The molecule has 112 valence electrons. The lowest BCUT2D eigenvalue weighted by molar-refractivity contribution is -0.116. The van der Waals surface area contributed by atoms with Crippen LogP contribution < -0.4 is 5.32 Å². The van der Waals surface area contributed by atoms with Crippen LogP contribution in [0.4, 0.5) is 10.1 Å². The molecule has 4 nitrogen and oxygen atoms in total. The molecule has 0 unspecified atom stereocenters. The number of benzene rings is 1. The monoisotopic (exact) mass is 289 g/mol. The summed E-state index contributed by atoms with van der Waals surface area (Å²) in [5, 5.41) is 7.09. The first kappa shape index (κ1) is 15.2. The fourth-order valence-electron chi connectivity index (χ4n) is 2.33. The first-order chi connectivity index (χ1) is 9.86. The Morgan fingerprint density at radius 1 is 1.33 bits per heavy atom. The molecule has 1 atom stereocenters. The largest absolute Gasteiger partial charge is 0.326 e. The molecular weight excluding hydrogens is 269 g/mol. The van der Waals surface area contributed by atoms with Gasteiger partial charge in [0.15, 0.2) is 0 Å². The van der Waals surface area contributed by atoms with E-state index in [0.29, 0.717) is 11.3 Å². The average molecular weight is 289 g/mol. The minimum Gasteiger partial charge on any atom is -0.326 e. The Morgan fingerprint density at radius 2 is 2.05 bits per heavy atom. The van der Waals surface area contributed by atoms with E-state index in [1.54, 1.807) is 19.1 Å². The molecule has 21 heavy (non-hydrogen) atoms. The summed E-state index contributed by atoms with van der Waals surface area (Å²) in [6, 6.07) is 6.61. The lowest BCUT2D eigenvalue weighted by Gasteiger charge is -2.14. The maximum atomic E-state index is 13.4. The molecule has 5 heteroatoms. The van der Waals surface area contributed by atoms with Crippen molar-refractivity contribution in [1.29, 1.82) is 0 Å². The van der Waals surface area contributed by atoms with Gasteiger partial charge in [-0.2, -0.15) is 5.10 Å². The van der Waals surface area contributed by atoms with Crippen LogP contribution in [0.2, 0.25) is 0 Å². The maximum absolute atomic E-state index is 13.4. The van der Waals surface area contributed by atoms with Gasteiger partial charge in [-0.25, -0.2) is 4.39 Å². The molecule has 0 aliphatic heterocycles. The van der Waals surface area contributed by atoms with Gasteiger partial charge in [0.05, 0.1) is 11.7 Å². The van der Waals surface area contributed by atoms with E-state index in [1.165, 1.54) is 6.07 Å². The zero-order valence-corrected chi connectivity index (χ0v) is 12.8. The molecule has 0 saturated heterocycles. The zero-order chi connectivity index (χ0) is 15.6. The second-order valence-electron chi connectivity index (χ2n) is 5.44. The smallest absolute Gasteiger partial charge is 0.226 e. The van der Waals surface area contributed by atoms with Crippen LogP contribution in [0.5, 0.6) is 0 Å². The van der Waals surface area contributed by atoms with Gasteiger partial charge < -0.3 is 5.32 Å². The summed E-state index contributed by atoms with van der Waals surface area (Å²) in [5.41, 5.74) is 2.99. The van der Waals surface area contributed by atoms with E-state index < -0.39 is 0 Å². The van der Waals surface area contributed by atoms with E-state index >= 15 is 0 Å². The van der Waals surface area contributed by atoms with Crippen LogP contribution in [0.15, 0.2) is 24.3 Å². The van der Waals surface area contributed by atoms with Crippen LogP contribution in [0.25, 0.3) is 0 Å². The van der Waals surface area contributed by atoms with Gasteiger partial charge in [0.2, 0.25) is 5.91 Å². The number of anilines is 1. The van der Waals surface area contributed by atoms with E-state index in [4.69, 9.17) is 0 Å². The number of aromatic nitrogens is 2. The number of nitrogens with zero attached hydrogens (tertiary/aromatic N) is 2. The second-order valence-corrected chi connectivity index (χ2v) is 5.44. The molecule has 0 bridgehead atoms. The Kier molecular flexibility index (Phi) is 4.40. The Balaban J connectivity index is 2.01. The number of amides is 1. The topological polar surface area (TPSA) is 46.9 Å². The third-order valence-corrected chi connectivity index (χ3v) is 3.40. The SMILES string of the molecule is Cc1cc(C)n([C@H](C)CC(=O)Nc2ccc(C)c(F)c2)n1. The van der Waals surface area contributed by atoms with Crippen LogP contribution in [-0.2, 0) is 4.79 Å². The first-order valence-electron chi connectivity index (χ1n) is 6.95. The molecule has 0 saturated carbocycles. The highest BCUT2D eigenvalue weighted by Crippen LogP contribution is 2.17. The summed E-state index contributed by atoms with van der Waals surface area (Å²) in [4.78, 5) is 12.0. The molecule has 0 spiro atoms. The lowest BCUT2D eigenvalue weighted by atomic mass is 10.2. The summed E-state index contributed by atoms with van der Waals surface area (Å²) >= 11 is 0. The Labute approximate surface area is 124 Å². The highest BCUT2D eigenvalue weighted by Gasteiger charge is 2.14. The quantitative estimate of drug-likeness (QED) is 0.935. The minimum atomic E-state index is -0.320. The van der Waals surface area contributed by atoms with Crippen molar-refractivity contribution in [3.63, 3.8) is 0 Å². The summed E-state index contributed by atoms with van der Waals surface area (Å²) in [6.45, 7) is 7.51. The van der Waals surface area contributed by atoms with Crippen molar-refractivity contribution in [2.24, 2.45) is 0 Å². The van der Waals surface area contributed by atoms with Gasteiger partial charge in [-0.1, -0.05) is 6.07 Å². The zero-order valence-electron chi connectivity index (χ0n) is 12.8. The molecule has 2 rings (SSSR count). The van der Waals surface area contributed by atoms with Crippen LogP contribution in [-0.4, -0.2) is 15.7 Å². The van der Waals surface area contributed by atoms with Gasteiger partial charge in [-0.05, 0) is 51.5 Å². The van der Waals surface area contributed by atoms with E-state index in [9.17, 15) is 9.18 Å². The third kappa shape index (κ3) is 3.68. The third-order valence-electron chi connectivity index (χ3n) is 3.40. The molecule has 0 radical (unpaired) electrons. The summed E-state index contributed by atoms with van der Waals surface area (Å²) < 4.78 is 15.3. The lowest BCUT2D eigenvalue weighted by Crippen LogP contribution is -2.19. The number of aryl methyl sites for hydroxylation is 3. The molecule has 0 aliphatic carbocycles. The molecule has 1 heterocycles. The number of halogens is 1. The van der Waals surface area contributed by atoms with Gasteiger partial charge in [-0.3, -0.25) is 9.48 Å². The Bertz CT molecular complexity index is 664. The summed E-state index contributed by atoms with van der Waals surface area (Å²) in [6.07, 6.45) is 0.289. The number of hydrogen-bond acceptors (Lipinski definition) is 2. The fraction of sp³-hybridized carbons (Fsp3) is 0.375. The van der Waals surface area contributed by atoms with Gasteiger partial charge in [0.25, 0.3) is 0 Å². The van der Waals surface area contributed by atoms with Crippen molar-refractivity contribution in [3.05, 3.63) is 47.0 Å². The number of carbonyl (C=O) groups is 1. The normalized spacial score (nSPS) is 12.2. The van der Waals surface area contributed by atoms with Crippen LogP contribution >= 0.6 is 0 Å². The molecule has 1 amide bonds. The predicted octanol–water partition coefficient (Wildman–Crippen LogP) is 3.54. The molecule has 1 aromatic heterocycles. The second kappa shape index (κ2) is 6.08. The Hall–Kier alpha value is -2.17. The maximum Gasteiger partial charge on any atom is 0.226 e. The molecule has 0 fully saturated rings. The number of hydrogen-bond donors (Lipinski definition) is 1. The van der Waals surface area contributed by atoms with E-state index in [1.807, 2.05) is 31.5 Å². The number of carbonyl (C=O) groups excluding carboxylic acids is 1. The summed E-state index contributed by atoms with van der Waals surface area (Å²) in [7, 11) is 0. The van der Waals surface area contributed by atoms with Crippen molar-refractivity contribution in [3.8, 4) is 0 Å². The van der Waals surface area contributed by atoms with Crippen molar-refractivity contribution in [2.75, 3.05) is 5.32 Å². The highest BCUT2D eigenvalue weighted by molar-refractivity contribution is 5.90. The molecule has 1 aromatic carbocycles. The molecule has 2 aromatic rings. The Morgan fingerprint density at radius 3 is 2.62 bits per heavy atom. The van der Waals surface area contributed by atoms with Crippen LogP contribution in [0.1, 0.15) is 36.3 Å². The predicted molar refractivity (Wildman–Crippen MR) is 80.8 cm³/mol. The van der Waals surface area contributed by atoms with Gasteiger partial charge in [0, 0.05) is 17.8 Å². The summed E-state index contributed by atoms with van der Waals surface area (Å²) in [5.74, 6) is -0.474. The van der Waals surface area contributed by atoms with E-state index in [2.05, 4.69) is 10.4 Å². The van der Waals surface area contributed by atoms with Crippen LogP contribution in [0, 0.1) is 26.6 Å².